The summed E-state index contributed by atoms with van der Waals surface area (Å²) < 4.78 is 10.4. The highest BCUT2D eigenvalue weighted by molar-refractivity contribution is 7.11. The van der Waals surface area contributed by atoms with E-state index in [4.69, 9.17) is 9.47 Å². The smallest absolute Gasteiger partial charge is 0.315 e. The fraction of sp³-hybridized carbons (Fsp3) is 0.375. The number of nitrogens with zero attached hydrogens (tertiary/aromatic N) is 1. The summed E-state index contributed by atoms with van der Waals surface area (Å²) in [5.41, 5.74) is 1.90. The normalized spacial score (nSPS) is 10.3. The highest BCUT2D eigenvalue weighted by atomic mass is 32.1. The summed E-state index contributed by atoms with van der Waals surface area (Å²) in [7, 11) is 3.17. The lowest BCUT2D eigenvalue weighted by atomic mass is 10.2. The third-order valence-electron chi connectivity index (χ3n) is 3.31. The fourth-order valence-corrected chi connectivity index (χ4v) is 3.01. The van der Waals surface area contributed by atoms with E-state index in [2.05, 4.69) is 15.6 Å². The number of benzene rings is 1. The van der Waals surface area contributed by atoms with Gasteiger partial charge >= 0.3 is 6.03 Å². The number of thiazole rings is 1. The Bertz CT molecular complexity index is 685. The second-order valence-corrected chi connectivity index (χ2v) is 6.25. The van der Waals surface area contributed by atoms with Gasteiger partial charge in [-0.05, 0) is 31.5 Å². The quantitative estimate of drug-likeness (QED) is 0.851. The highest BCUT2D eigenvalue weighted by Crippen LogP contribution is 2.27. The Morgan fingerprint density at radius 2 is 1.83 bits per heavy atom. The molecular formula is C16H21N3O3S. The molecule has 0 aliphatic heterocycles. The van der Waals surface area contributed by atoms with Crippen molar-refractivity contribution in [2.24, 2.45) is 0 Å². The number of hydrogen-bond donors (Lipinski definition) is 2. The molecule has 1 aromatic carbocycles. The van der Waals surface area contributed by atoms with Gasteiger partial charge in [-0.25, -0.2) is 9.78 Å². The van der Waals surface area contributed by atoms with Crippen LogP contribution in [0.3, 0.4) is 0 Å². The average molecular weight is 335 g/mol. The standard InChI is InChI=1S/C16H21N3O3S/c1-10-15(23-11(2)19-10)9-18-16(20)17-8-12-5-6-13(21-3)14(7-12)22-4/h5-7H,8-9H2,1-4H3,(H2,17,18,20). The number of hydrogen-bond acceptors (Lipinski definition) is 5. The van der Waals surface area contributed by atoms with E-state index in [0.29, 0.717) is 24.6 Å². The third-order valence-corrected chi connectivity index (χ3v) is 4.38. The second-order valence-electron chi connectivity index (χ2n) is 4.97. The molecule has 0 saturated heterocycles. The SMILES string of the molecule is COc1ccc(CNC(=O)NCc2sc(C)nc2C)cc1OC. The summed E-state index contributed by atoms with van der Waals surface area (Å²) >= 11 is 1.60. The maximum Gasteiger partial charge on any atom is 0.315 e. The minimum atomic E-state index is -0.217. The molecule has 0 radical (unpaired) electrons. The van der Waals surface area contributed by atoms with Gasteiger partial charge in [0.2, 0.25) is 0 Å². The van der Waals surface area contributed by atoms with Gasteiger partial charge in [0.1, 0.15) is 0 Å². The van der Waals surface area contributed by atoms with Crippen LogP contribution in [0.5, 0.6) is 11.5 Å². The number of nitrogens with one attached hydrogen (secondary N) is 2. The Morgan fingerprint density at radius 1 is 1.13 bits per heavy atom. The molecule has 0 aliphatic carbocycles. The van der Waals surface area contributed by atoms with E-state index in [1.165, 1.54) is 0 Å². The summed E-state index contributed by atoms with van der Waals surface area (Å²) in [6.07, 6.45) is 0. The van der Waals surface area contributed by atoms with Crippen molar-refractivity contribution in [2.75, 3.05) is 14.2 Å². The van der Waals surface area contributed by atoms with Crippen LogP contribution < -0.4 is 20.1 Å². The molecule has 0 spiro atoms. The van der Waals surface area contributed by atoms with Gasteiger partial charge in [-0.15, -0.1) is 11.3 Å². The van der Waals surface area contributed by atoms with Crippen molar-refractivity contribution < 1.29 is 14.3 Å². The number of amides is 2. The van der Waals surface area contributed by atoms with Crippen LogP contribution in [-0.2, 0) is 13.1 Å². The molecule has 2 rings (SSSR count). The number of carbonyl (C=O) groups excluding carboxylic acids is 1. The molecule has 0 fully saturated rings. The second kappa shape index (κ2) is 7.82. The van der Waals surface area contributed by atoms with Gasteiger partial charge in [0.25, 0.3) is 0 Å². The van der Waals surface area contributed by atoms with Crippen LogP contribution in [0.1, 0.15) is 21.1 Å². The van der Waals surface area contributed by atoms with Gasteiger partial charge in [-0.1, -0.05) is 6.07 Å². The molecule has 0 bridgehead atoms. The summed E-state index contributed by atoms with van der Waals surface area (Å²) in [5, 5.41) is 6.67. The van der Waals surface area contributed by atoms with E-state index in [9.17, 15) is 4.79 Å². The van der Waals surface area contributed by atoms with Crippen LogP contribution in [-0.4, -0.2) is 25.2 Å². The molecule has 2 aromatic rings. The fourth-order valence-electron chi connectivity index (χ4n) is 2.13. The van der Waals surface area contributed by atoms with Gasteiger partial charge in [0, 0.05) is 11.4 Å². The molecule has 6 nitrogen and oxygen atoms in total. The van der Waals surface area contributed by atoms with E-state index >= 15 is 0 Å². The Balaban J connectivity index is 1.85. The van der Waals surface area contributed by atoms with Crippen molar-refractivity contribution in [3.05, 3.63) is 39.3 Å². The predicted molar refractivity (Wildman–Crippen MR) is 90.2 cm³/mol. The van der Waals surface area contributed by atoms with Crippen LogP contribution in [0.4, 0.5) is 4.79 Å². The zero-order valence-corrected chi connectivity index (χ0v) is 14.5. The minimum absolute atomic E-state index is 0.217. The van der Waals surface area contributed by atoms with E-state index < -0.39 is 0 Å². The number of rotatable bonds is 6. The average Bonchev–Trinajstić information content (AvgIpc) is 2.88. The van der Waals surface area contributed by atoms with Crippen molar-refractivity contribution in [3.8, 4) is 11.5 Å². The molecule has 0 atom stereocenters. The van der Waals surface area contributed by atoms with Crippen LogP contribution in [0.2, 0.25) is 0 Å². The Morgan fingerprint density at radius 3 is 2.43 bits per heavy atom. The number of urea groups is 1. The van der Waals surface area contributed by atoms with E-state index in [1.54, 1.807) is 25.6 Å². The Labute approximate surface area is 139 Å². The van der Waals surface area contributed by atoms with Crippen molar-refractivity contribution in [1.29, 1.82) is 0 Å². The summed E-state index contributed by atoms with van der Waals surface area (Å²) in [5.74, 6) is 1.31. The van der Waals surface area contributed by atoms with Crippen molar-refractivity contribution in [1.82, 2.24) is 15.6 Å². The van der Waals surface area contributed by atoms with Gasteiger partial charge in [0.05, 0.1) is 31.5 Å². The number of carbonyl (C=O) groups is 1. The highest BCUT2D eigenvalue weighted by Gasteiger charge is 2.08. The maximum atomic E-state index is 11.9. The summed E-state index contributed by atoms with van der Waals surface area (Å²) in [6, 6.07) is 5.33. The topological polar surface area (TPSA) is 72.5 Å². The molecule has 0 saturated carbocycles. The zero-order valence-electron chi connectivity index (χ0n) is 13.7. The van der Waals surface area contributed by atoms with Crippen LogP contribution in [0.25, 0.3) is 0 Å². The van der Waals surface area contributed by atoms with Crippen molar-refractivity contribution in [2.45, 2.75) is 26.9 Å². The lowest BCUT2D eigenvalue weighted by molar-refractivity contribution is 0.240. The van der Waals surface area contributed by atoms with E-state index in [1.807, 2.05) is 32.0 Å². The van der Waals surface area contributed by atoms with Crippen LogP contribution in [0.15, 0.2) is 18.2 Å². The molecule has 0 unspecified atom stereocenters. The van der Waals surface area contributed by atoms with E-state index in [0.717, 1.165) is 21.1 Å². The maximum absolute atomic E-state index is 11.9. The Kier molecular flexibility index (Phi) is 5.81. The molecule has 1 aromatic heterocycles. The van der Waals surface area contributed by atoms with Gasteiger partial charge in [-0.3, -0.25) is 0 Å². The number of aromatic nitrogens is 1. The molecule has 0 aliphatic rings. The largest absolute Gasteiger partial charge is 0.493 e. The first-order chi connectivity index (χ1) is 11.0. The van der Waals surface area contributed by atoms with Gasteiger partial charge in [-0.2, -0.15) is 0 Å². The predicted octanol–water partition coefficient (Wildman–Crippen LogP) is 2.78. The first kappa shape index (κ1) is 17.1. The monoisotopic (exact) mass is 335 g/mol. The molecule has 23 heavy (non-hydrogen) atoms. The molecule has 7 heteroatoms. The van der Waals surface area contributed by atoms with Crippen LogP contribution >= 0.6 is 11.3 Å². The van der Waals surface area contributed by atoms with Crippen molar-refractivity contribution >= 4 is 17.4 Å². The lowest BCUT2D eigenvalue weighted by Crippen LogP contribution is -2.34. The van der Waals surface area contributed by atoms with Crippen LogP contribution in [0, 0.1) is 13.8 Å². The zero-order chi connectivity index (χ0) is 16.8. The van der Waals surface area contributed by atoms with Gasteiger partial charge < -0.3 is 20.1 Å². The molecular weight excluding hydrogens is 314 g/mol. The minimum Gasteiger partial charge on any atom is -0.493 e. The lowest BCUT2D eigenvalue weighted by Gasteiger charge is -2.11. The van der Waals surface area contributed by atoms with Gasteiger partial charge in [0.15, 0.2) is 11.5 Å². The Hall–Kier alpha value is -2.28. The van der Waals surface area contributed by atoms with Crippen molar-refractivity contribution in [3.63, 3.8) is 0 Å². The molecule has 2 N–H and O–H groups in total. The van der Waals surface area contributed by atoms with E-state index in [-0.39, 0.29) is 6.03 Å². The molecule has 1 heterocycles. The first-order valence-electron chi connectivity index (χ1n) is 7.19. The molecule has 124 valence electrons. The third kappa shape index (κ3) is 4.59. The number of ether oxygens (including phenoxy) is 2. The number of aryl methyl sites for hydroxylation is 2. The first-order valence-corrected chi connectivity index (χ1v) is 8.00. The number of methoxy groups -OCH3 is 2. The summed E-state index contributed by atoms with van der Waals surface area (Å²) in [6.45, 7) is 4.79. The molecule has 2 amide bonds. The summed E-state index contributed by atoms with van der Waals surface area (Å²) in [4.78, 5) is 17.3.